The maximum absolute atomic E-state index is 17.1. The summed E-state index contributed by atoms with van der Waals surface area (Å²) in [5, 5.41) is 27.4. The number of H-pyrrole nitrogens is 1. The number of aromatic amines is 1. The van der Waals surface area contributed by atoms with E-state index in [4.69, 9.17) is 28.3 Å². The van der Waals surface area contributed by atoms with Gasteiger partial charge in [-0.05, 0) is 26.0 Å². The van der Waals surface area contributed by atoms with Crippen LogP contribution in [0.25, 0.3) is 22.3 Å². The first-order valence-corrected chi connectivity index (χ1v) is 21.5. The molecule has 4 aromatic heterocycles. The lowest BCUT2D eigenvalue weighted by atomic mass is 10.0. The van der Waals surface area contributed by atoms with E-state index in [0.29, 0.717) is 5.56 Å². The standard InChI is InChI=1S/C35H38FN11O11P2/c1-34(59(51,52)54-12-6-10-37)14-24(46-19-43-25-28(39-17-40-29(25)46)45-31(49)21-8-4-3-5-9-21)57-23(34)16-56-60(53,55-13-7-11-38)35(2)22(15-48)58-33(27(35)36)47-20-44-26-30(47)41-18-42-32(26)50/h3-5,8-9,17-20,22-24,27,33,48H,6-7,12-16H2,1-2H3,(H,51,52)(H,41,42,50)(H,39,40,45,49)/t22?,23?,24?,27-,33?,34-,35-,60?/m0/s1. The molecular formula is C35H38FN11O11P2. The number of imidazole rings is 2. The molecule has 0 aliphatic carbocycles. The van der Waals surface area contributed by atoms with E-state index in [1.807, 2.05) is 12.1 Å². The minimum absolute atomic E-state index is 0.0622. The number of alkyl halides is 1. The Morgan fingerprint density at radius 1 is 0.983 bits per heavy atom. The number of nitrogens with one attached hydrogen (secondary N) is 2. The van der Waals surface area contributed by atoms with E-state index in [2.05, 4.69) is 35.2 Å². The van der Waals surface area contributed by atoms with Gasteiger partial charge >= 0.3 is 15.2 Å². The van der Waals surface area contributed by atoms with Crippen LogP contribution in [0.15, 0.2) is 60.4 Å². The number of benzene rings is 1. The summed E-state index contributed by atoms with van der Waals surface area (Å²) in [6, 6.07) is 12.0. The third-order valence-corrected chi connectivity index (χ3v) is 15.7. The van der Waals surface area contributed by atoms with Crippen molar-refractivity contribution < 1.29 is 51.4 Å². The molecule has 7 rings (SSSR count). The number of hydrogen-bond acceptors (Lipinski definition) is 17. The number of aliphatic hydroxyl groups is 1. The molecule has 6 unspecified atom stereocenters. The van der Waals surface area contributed by atoms with Crippen molar-refractivity contribution in [3.63, 3.8) is 0 Å². The molecule has 0 saturated carbocycles. The van der Waals surface area contributed by atoms with Gasteiger partial charge in [-0.15, -0.1) is 0 Å². The molecule has 25 heteroatoms. The van der Waals surface area contributed by atoms with Crippen molar-refractivity contribution in [2.45, 2.75) is 74.3 Å². The highest BCUT2D eigenvalue weighted by Gasteiger charge is 2.67. The zero-order chi connectivity index (χ0) is 42.9. The quantitative estimate of drug-likeness (QED) is 0.0814. The van der Waals surface area contributed by atoms with E-state index in [-0.39, 0.29) is 47.4 Å². The topological polar surface area (TPSA) is 305 Å². The van der Waals surface area contributed by atoms with E-state index < -0.39 is 94.2 Å². The summed E-state index contributed by atoms with van der Waals surface area (Å²) >= 11 is 0. The minimum Gasteiger partial charge on any atom is -0.394 e. The van der Waals surface area contributed by atoms with E-state index in [9.17, 15) is 29.4 Å². The Bertz CT molecular complexity index is 2640. The lowest BCUT2D eigenvalue weighted by molar-refractivity contribution is -0.0395. The molecule has 4 N–H and O–H groups in total. The molecule has 1 amide bonds. The summed E-state index contributed by atoms with van der Waals surface area (Å²) in [5.41, 5.74) is -0.181. The molecule has 0 spiro atoms. The SMILES string of the molecule is C[C@]1(P(=O)(O)OCCC#N)CC(n2cnc3c(NC(=O)c4ccccc4)ncnc32)OC1COP(=O)(OCCC#N)[C@@]1(C)C(CO)OC(n2cnc3c(=O)[nH]cnc32)[C@@H]1F. The van der Waals surface area contributed by atoms with Gasteiger partial charge in [-0.1, -0.05) is 18.2 Å². The van der Waals surface area contributed by atoms with Crippen LogP contribution >= 0.6 is 15.2 Å². The minimum atomic E-state index is -4.95. The number of aliphatic hydroxyl groups excluding tert-OH is 1. The van der Waals surface area contributed by atoms with Crippen LogP contribution in [0.5, 0.6) is 0 Å². The molecule has 2 saturated heterocycles. The van der Waals surface area contributed by atoms with Crippen LogP contribution in [-0.4, -0.2) is 110 Å². The first kappa shape index (κ1) is 42.8. The summed E-state index contributed by atoms with van der Waals surface area (Å²) in [7, 11) is -9.73. The predicted molar refractivity (Wildman–Crippen MR) is 205 cm³/mol. The summed E-state index contributed by atoms with van der Waals surface area (Å²) in [5.74, 6) is -0.409. The van der Waals surface area contributed by atoms with Crippen molar-refractivity contribution in [3.8, 4) is 12.1 Å². The summed E-state index contributed by atoms with van der Waals surface area (Å²) < 4.78 is 78.3. The molecule has 1 aromatic carbocycles. The molecule has 22 nitrogen and oxygen atoms in total. The third-order valence-electron chi connectivity index (χ3n) is 10.7. The largest absolute Gasteiger partial charge is 0.394 e. The number of fused-ring (bicyclic) bond motifs is 2. The fourth-order valence-electron chi connectivity index (χ4n) is 7.18. The van der Waals surface area contributed by atoms with Gasteiger partial charge < -0.3 is 43.3 Å². The molecular weight excluding hydrogens is 831 g/mol. The van der Waals surface area contributed by atoms with Crippen LogP contribution in [-0.2, 0) is 32.2 Å². The van der Waals surface area contributed by atoms with Gasteiger partial charge in [-0.2, -0.15) is 10.5 Å². The van der Waals surface area contributed by atoms with Gasteiger partial charge in [0.2, 0.25) is 0 Å². The first-order valence-electron chi connectivity index (χ1n) is 18.3. The van der Waals surface area contributed by atoms with Gasteiger partial charge in [-0.3, -0.25) is 27.9 Å². The number of anilines is 1. The van der Waals surface area contributed by atoms with Crippen LogP contribution in [0.3, 0.4) is 0 Å². The molecule has 2 aliphatic heterocycles. The number of amides is 1. The van der Waals surface area contributed by atoms with Crippen LogP contribution in [0.1, 0.15) is 55.9 Å². The van der Waals surface area contributed by atoms with E-state index >= 15 is 8.96 Å². The number of rotatable bonds is 16. The number of nitriles is 2. The molecule has 2 fully saturated rings. The van der Waals surface area contributed by atoms with Gasteiger partial charge in [-0.25, -0.2) is 29.3 Å². The number of carbonyl (C=O) groups excluding carboxylic acids is 1. The molecule has 60 heavy (non-hydrogen) atoms. The monoisotopic (exact) mass is 869 g/mol. The van der Waals surface area contributed by atoms with Crippen molar-refractivity contribution in [3.05, 3.63) is 71.6 Å². The Labute approximate surface area is 339 Å². The van der Waals surface area contributed by atoms with Crippen LogP contribution < -0.4 is 10.9 Å². The van der Waals surface area contributed by atoms with Gasteiger partial charge in [0, 0.05) is 12.0 Å². The van der Waals surface area contributed by atoms with E-state index in [0.717, 1.165) is 24.1 Å². The Morgan fingerprint density at radius 3 is 2.38 bits per heavy atom. The molecule has 6 heterocycles. The molecule has 9 atom stereocenters. The average molecular weight is 870 g/mol. The highest BCUT2D eigenvalue weighted by molar-refractivity contribution is 7.56. The number of hydrogen-bond donors (Lipinski definition) is 4. The van der Waals surface area contributed by atoms with Crippen LogP contribution in [0, 0.1) is 22.7 Å². The molecule has 5 aromatic rings. The first-order chi connectivity index (χ1) is 28.7. The maximum atomic E-state index is 17.1. The lowest BCUT2D eigenvalue weighted by Crippen LogP contribution is -2.46. The Kier molecular flexibility index (Phi) is 12.1. The fraction of sp³-hybridized carbons (Fsp3) is 0.457. The second kappa shape index (κ2) is 17.0. The summed E-state index contributed by atoms with van der Waals surface area (Å²) in [4.78, 5) is 60.1. The van der Waals surface area contributed by atoms with Crippen molar-refractivity contribution in [2.24, 2.45) is 0 Å². The molecule has 0 radical (unpaired) electrons. The van der Waals surface area contributed by atoms with Crippen molar-refractivity contribution in [1.82, 2.24) is 39.0 Å². The maximum Gasteiger partial charge on any atom is 0.342 e. The van der Waals surface area contributed by atoms with E-state index in [1.165, 1.54) is 24.1 Å². The zero-order valence-corrected chi connectivity index (χ0v) is 33.7. The number of aromatic nitrogens is 8. The molecule has 0 bridgehead atoms. The predicted octanol–water partition coefficient (Wildman–Crippen LogP) is 3.50. The van der Waals surface area contributed by atoms with Crippen molar-refractivity contribution in [1.29, 1.82) is 10.5 Å². The average Bonchev–Trinajstić information content (AvgIpc) is 4.02. The third kappa shape index (κ3) is 7.42. The highest BCUT2D eigenvalue weighted by Crippen LogP contribution is 2.69. The lowest BCUT2D eigenvalue weighted by Gasteiger charge is -2.38. The van der Waals surface area contributed by atoms with Gasteiger partial charge in [0.25, 0.3) is 11.5 Å². The van der Waals surface area contributed by atoms with Crippen LogP contribution in [0.2, 0.25) is 0 Å². The van der Waals surface area contributed by atoms with E-state index in [1.54, 1.807) is 30.3 Å². The smallest absolute Gasteiger partial charge is 0.342 e. The normalized spacial score (nSPS) is 27.3. The van der Waals surface area contributed by atoms with Crippen molar-refractivity contribution >= 4 is 49.2 Å². The van der Waals surface area contributed by atoms with Gasteiger partial charge in [0.15, 0.2) is 40.5 Å². The zero-order valence-electron chi connectivity index (χ0n) is 31.9. The molecule has 2 aliphatic rings. The van der Waals surface area contributed by atoms with Gasteiger partial charge in [0.05, 0.1) is 70.4 Å². The Morgan fingerprint density at radius 2 is 1.67 bits per heavy atom. The molecule has 316 valence electrons. The summed E-state index contributed by atoms with van der Waals surface area (Å²) in [6.45, 7) is -0.130. The fourth-order valence-corrected chi connectivity index (χ4v) is 10.9. The van der Waals surface area contributed by atoms with Gasteiger partial charge in [0.1, 0.15) is 35.1 Å². The second-order valence-electron chi connectivity index (χ2n) is 14.2. The van der Waals surface area contributed by atoms with Crippen molar-refractivity contribution in [2.75, 3.05) is 31.7 Å². The summed E-state index contributed by atoms with van der Waals surface area (Å²) in [6.07, 6.45) is -4.33. The number of ether oxygens (including phenoxy) is 2. The Hall–Kier alpha value is -5.32. The number of nitrogens with zero attached hydrogens (tertiary/aromatic N) is 9. The second-order valence-corrected chi connectivity index (χ2v) is 19.0. The highest BCUT2D eigenvalue weighted by atomic mass is 31.2. The van der Waals surface area contributed by atoms with Crippen LogP contribution in [0.4, 0.5) is 10.2 Å². The number of carbonyl (C=O) groups is 1. The number of halogens is 1. The Balaban J connectivity index is 1.22.